The van der Waals surface area contributed by atoms with Crippen LogP contribution in [0.15, 0.2) is 60.2 Å². The number of anilines is 1. The number of hydrogen-bond donors (Lipinski definition) is 1. The molecule has 0 fully saturated rings. The standard InChI is InChI=1S/C27H25NO4/c1-3-24(30)32-22-14-12-17(15-23(22)31-2)27-26-19(9-6-10-21(26)29)25-18-8-5-4-7-16(18)11-13-20(25)28-27/h4-5,7-8,11-15,27-28H,3,6,9-10H2,1-2H3/t27-/m1/s1. The summed E-state index contributed by atoms with van der Waals surface area (Å²) in [5, 5.41) is 5.95. The number of esters is 1. The number of rotatable bonds is 4. The average molecular weight is 428 g/mol. The van der Waals surface area contributed by atoms with Gasteiger partial charge in [0.1, 0.15) is 0 Å². The average Bonchev–Trinajstić information content (AvgIpc) is 2.83. The second-order valence-electron chi connectivity index (χ2n) is 8.19. The Morgan fingerprint density at radius 1 is 1.06 bits per heavy atom. The van der Waals surface area contributed by atoms with Gasteiger partial charge in [0, 0.05) is 29.7 Å². The number of ketones is 1. The number of ether oxygens (including phenoxy) is 2. The van der Waals surface area contributed by atoms with Gasteiger partial charge in [-0.15, -0.1) is 0 Å². The lowest BCUT2D eigenvalue weighted by atomic mass is 9.77. The second-order valence-corrected chi connectivity index (χ2v) is 8.19. The Bertz CT molecular complexity index is 1270. The van der Waals surface area contributed by atoms with Crippen LogP contribution in [0.5, 0.6) is 11.5 Å². The molecule has 1 N–H and O–H groups in total. The molecule has 162 valence electrons. The van der Waals surface area contributed by atoms with Gasteiger partial charge in [-0.05, 0) is 52.9 Å². The Kier molecular flexibility index (Phi) is 5.17. The van der Waals surface area contributed by atoms with Gasteiger partial charge in [-0.1, -0.05) is 43.3 Å². The Hall–Kier alpha value is -3.60. The third kappa shape index (κ3) is 3.34. The van der Waals surface area contributed by atoms with Crippen molar-refractivity contribution >= 4 is 33.8 Å². The first-order valence-electron chi connectivity index (χ1n) is 11.0. The van der Waals surface area contributed by atoms with E-state index in [2.05, 4.69) is 29.6 Å². The predicted octanol–water partition coefficient (Wildman–Crippen LogP) is 5.84. The number of carbonyl (C=O) groups excluding carboxylic acids is 2. The van der Waals surface area contributed by atoms with Crippen molar-refractivity contribution in [1.29, 1.82) is 0 Å². The summed E-state index contributed by atoms with van der Waals surface area (Å²) in [4.78, 5) is 24.9. The summed E-state index contributed by atoms with van der Waals surface area (Å²) in [6.45, 7) is 1.75. The van der Waals surface area contributed by atoms with Gasteiger partial charge in [0.25, 0.3) is 0 Å². The first-order valence-corrected chi connectivity index (χ1v) is 11.0. The smallest absolute Gasteiger partial charge is 0.311 e. The minimum absolute atomic E-state index is 0.183. The molecule has 1 aliphatic heterocycles. The van der Waals surface area contributed by atoms with Gasteiger partial charge in [0.15, 0.2) is 17.3 Å². The number of Topliss-reactive ketones (excluding diaryl/α,β-unsaturated/α-hetero) is 1. The van der Waals surface area contributed by atoms with Crippen molar-refractivity contribution in [2.24, 2.45) is 0 Å². The number of allylic oxidation sites excluding steroid dienone is 1. The van der Waals surface area contributed by atoms with Crippen molar-refractivity contribution in [1.82, 2.24) is 0 Å². The van der Waals surface area contributed by atoms with E-state index >= 15 is 0 Å². The van der Waals surface area contributed by atoms with E-state index in [1.807, 2.05) is 24.3 Å². The summed E-state index contributed by atoms with van der Waals surface area (Å²) in [5.74, 6) is 0.721. The second kappa shape index (κ2) is 8.15. The van der Waals surface area contributed by atoms with E-state index in [-0.39, 0.29) is 24.2 Å². The number of methoxy groups -OCH3 is 1. The number of benzene rings is 3. The summed E-state index contributed by atoms with van der Waals surface area (Å²) in [6, 6.07) is 17.7. The summed E-state index contributed by atoms with van der Waals surface area (Å²) in [7, 11) is 1.55. The van der Waals surface area contributed by atoms with E-state index in [9.17, 15) is 9.59 Å². The lowest BCUT2D eigenvalue weighted by Gasteiger charge is -2.35. The molecule has 0 unspecified atom stereocenters. The molecule has 3 aromatic rings. The Morgan fingerprint density at radius 2 is 1.91 bits per heavy atom. The fourth-order valence-corrected chi connectivity index (χ4v) is 4.80. The third-order valence-corrected chi connectivity index (χ3v) is 6.31. The number of carbonyl (C=O) groups is 2. The largest absolute Gasteiger partial charge is 0.493 e. The van der Waals surface area contributed by atoms with Gasteiger partial charge in [-0.2, -0.15) is 0 Å². The monoisotopic (exact) mass is 427 g/mol. The molecule has 1 aliphatic carbocycles. The van der Waals surface area contributed by atoms with E-state index in [0.717, 1.165) is 46.2 Å². The molecule has 5 rings (SSSR count). The summed E-state index contributed by atoms with van der Waals surface area (Å²) in [5.41, 5.74) is 5.04. The zero-order chi connectivity index (χ0) is 22.2. The molecule has 32 heavy (non-hydrogen) atoms. The maximum atomic E-state index is 13.2. The van der Waals surface area contributed by atoms with E-state index < -0.39 is 0 Å². The molecule has 0 aromatic heterocycles. The van der Waals surface area contributed by atoms with Crippen LogP contribution in [0, 0.1) is 0 Å². The van der Waals surface area contributed by atoms with Gasteiger partial charge in [-0.3, -0.25) is 9.59 Å². The molecule has 3 aromatic carbocycles. The molecule has 0 saturated heterocycles. The molecule has 1 atom stereocenters. The van der Waals surface area contributed by atoms with Crippen molar-refractivity contribution in [2.45, 2.75) is 38.6 Å². The first kappa shape index (κ1) is 20.3. The maximum absolute atomic E-state index is 13.2. The molecular weight excluding hydrogens is 402 g/mol. The highest BCUT2D eigenvalue weighted by atomic mass is 16.6. The van der Waals surface area contributed by atoms with Crippen LogP contribution in [0.4, 0.5) is 5.69 Å². The van der Waals surface area contributed by atoms with Crippen molar-refractivity contribution in [3.8, 4) is 11.5 Å². The predicted molar refractivity (Wildman–Crippen MR) is 125 cm³/mol. The van der Waals surface area contributed by atoms with E-state index in [1.165, 1.54) is 5.39 Å². The lowest BCUT2D eigenvalue weighted by Crippen LogP contribution is -2.27. The highest BCUT2D eigenvalue weighted by Gasteiger charge is 2.35. The third-order valence-electron chi connectivity index (χ3n) is 6.31. The SMILES string of the molecule is CCC(=O)Oc1ccc([C@H]2Nc3ccc4ccccc4c3C3=C2C(=O)CCC3)cc1OC. The van der Waals surface area contributed by atoms with Gasteiger partial charge >= 0.3 is 5.97 Å². The van der Waals surface area contributed by atoms with Crippen LogP contribution < -0.4 is 14.8 Å². The summed E-state index contributed by atoms with van der Waals surface area (Å²) >= 11 is 0. The van der Waals surface area contributed by atoms with Crippen LogP contribution in [-0.2, 0) is 9.59 Å². The molecule has 0 spiro atoms. The normalized spacial score (nSPS) is 17.4. The lowest BCUT2D eigenvalue weighted by molar-refractivity contribution is -0.134. The topological polar surface area (TPSA) is 64.6 Å². The van der Waals surface area contributed by atoms with E-state index in [4.69, 9.17) is 9.47 Å². The van der Waals surface area contributed by atoms with Gasteiger partial charge in [-0.25, -0.2) is 0 Å². The number of fused-ring (bicyclic) bond motifs is 4. The molecular formula is C27H25NO4. The van der Waals surface area contributed by atoms with Crippen LogP contribution in [0.1, 0.15) is 49.8 Å². The molecule has 0 radical (unpaired) electrons. The van der Waals surface area contributed by atoms with Gasteiger partial charge in [0.05, 0.1) is 13.2 Å². The van der Waals surface area contributed by atoms with E-state index in [0.29, 0.717) is 17.9 Å². The highest BCUT2D eigenvalue weighted by Crippen LogP contribution is 2.48. The molecule has 0 bridgehead atoms. The Labute approximate surface area is 187 Å². The molecule has 1 heterocycles. The van der Waals surface area contributed by atoms with Crippen LogP contribution in [0.3, 0.4) is 0 Å². The number of hydrogen-bond acceptors (Lipinski definition) is 5. The molecule has 2 aliphatic rings. The molecule has 5 heteroatoms. The summed E-state index contributed by atoms with van der Waals surface area (Å²) in [6.07, 6.45) is 2.58. The summed E-state index contributed by atoms with van der Waals surface area (Å²) < 4.78 is 10.9. The molecule has 5 nitrogen and oxygen atoms in total. The maximum Gasteiger partial charge on any atom is 0.311 e. The zero-order valence-electron chi connectivity index (χ0n) is 18.2. The van der Waals surface area contributed by atoms with Gasteiger partial charge in [0.2, 0.25) is 0 Å². The van der Waals surface area contributed by atoms with Crippen molar-refractivity contribution in [3.63, 3.8) is 0 Å². The Morgan fingerprint density at radius 3 is 2.72 bits per heavy atom. The number of nitrogens with one attached hydrogen (secondary N) is 1. The fourth-order valence-electron chi connectivity index (χ4n) is 4.80. The first-order chi connectivity index (χ1) is 15.6. The van der Waals surface area contributed by atoms with Crippen LogP contribution in [0.2, 0.25) is 0 Å². The minimum Gasteiger partial charge on any atom is -0.493 e. The van der Waals surface area contributed by atoms with Crippen LogP contribution in [0.25, 0.3) is 16.3 Å². The highest BCUT2D eigenvalue weighted by molar-refractivity contribution is 6.12. The molecule has 0 amide bonds. The minimum atomic E-state index is -0.319. The van der Waals surface area contributed by atoms with Crippen LogP contribution >= 0.6 is 0 Å². The van der Waals surface area contributed by atoms with Crippen molar-refractivity contribution in [2.75, 3.05) is 12.4 Å². The quantitative estimate of drug-likeness (QED) is 0.419. The zero-order valence-corrected chi connectivity index (χ0v) is 18.2. The van der Waals surface area contributed by atoms with Crippen molar-refractivity contribution < 1.29 is 19.1 Å². The van der Waals surface area contributed by atoms with Gasteiger partial charge < -0.3 is 14.8 Å². The van der Waals surface area contributed by atoms with Crippen molar-refractivity contribution in [3.05, 3.63) is 71.3 Å². The molecule has 0 saturated carbocycles. The Balaban J connectivity index is 1.65. The van der Waals surface area contributed by atoms with E-state index in [1.54, 1.807) is 20.1 Å². The van der Waals surface area contributed by atoms with Crippen LogP contribution in [-0.4, -0.2) is 18.9 Å². The fraction of sp³-hybridized carbons (Fsp3) is 0.259.